The van der Waals surface area contributed by atoms with Gasteiger partial charge in [-0.15, -0.1) is 11.3 Å². The van der Waals surface area contributed by atoms with E-state index in [-0.39, 0.29) is 0 Å². The summed E-state index contributed by atoms with van der Waals surface area (Å²) in [6.45, 7) is 0. The highest BCUT2D eigenvalue weighted by atomic mass is 32.1. The molecule has 56 heavy (non-hydrogen) atoms. The normalized spacial score (nSPS) is 11.6. The highest BCUT2D eigenvalue weighted by Gasteiger charge is 2.17. The SMILES string of the molecule is c1ccc(-c2ccc(-c3cc(-c4ccc5c6ccccc6n(-c6ccc(-c7ccccc7)cc6)c5c4)cc(-c4cccc5c4sc4ccccc45)c3)cc2)cc1. The first-order valence-corrected chi connectivity index (χ1v) is 20.0. The zero-order valence-corrected chi connectivity index (χ0v) is 31.4. The lowest BCUT2D eigenvalue weighted by atomic mass is 9.92. The van der Waals surface area contributed by atoms with Crippen molar-refractivity contribution < 1.29 is 0 Å². The van der Waals surface area contributed by atoms with E-state index in [1.54, 1.807) is 0 Å². The van der Waals surface area contributed by atoms with Crippen LogP contribution in [0.5, 0.6) is 0 Å². The molecule has 0 unspecified atom stereocenters. The van der Waals surface area contributed by atoms with Crippen molar-refractivity contribution in [1.29, 1.82) is 0 Å². The Morgan fingerprint density at radius 1 is 0.286 bits per heavy atom. The van der Waals surface area contributed by atoms with Crippen molar-refractivity contribution in [3.8, 4) is 61.3 Å². The van der Waals surface area contributed by atoms with Gasteiger partial charge in [-0.2, -0.15) is 0 Å². The lowest BCUT2D eigenvalue weighted by Gasteiger charge is -2.14. The first kappa shape index (κ1) is 32.4. The Kier molecular flexibility index (Phi) is 7.75. The molecular formula is C54H35NS. The van der Waals surface area contributed by atoms with Gasteiger partial charge in [-0.1, -0.05) is 164 Å². The minimum absolute atomic E-state index is 1.15. The smallest absolute Gasteiger partial charge is 0.0547 e. The molecule has 0 atom stereocenters. The molecule has 2 aromatic heterocycles. The Morgan fingerprint density at radius 3 is 1.50 bits per heavy atom. The lowest BCUT2D eigenvalue weighted by Crippen LogP contribution is -1.94. The second kappa shape index (κ2) is 13.4. The van der Waals surface area contributed by atoms with E-state index in [9.17, 15) is 0 Å². The van der Waals surface area contributed by atoms with Crippen LogP contribution >= 0.6 is 11.3 Å². The maximum Gasteiger partial charge on any atom is 0.0547 e. The van der Waals surface area contributed by atoms with Crippen LogP contribution in [0.3, 0.4) is 0 Å². The summed E-state index contributed by atoms with van der Waals surface area (Å²) in [7, 11) is 0. The molecule has 0 bridgehead atoms. The fourth-order valence-electron chi connectivity index (χ4n) is 8.44. The Labute approximate surface area is 330 Å². The molecule has 0 N–H and O–H groups in total. The summed E-state index contributed by atoms with van der Waals surface area (Å²) < 4.78 is 5.07. The Bertz CT molecular complexity index is 3210. The summed E-state index contributed by atoms with van der Waals surface area (Å²) in [4.78, 5) is 0. The summed E-state index contributed by atoms with van der Waals surface area (Å²) in [5.41, 5.74) is 15.7. The summed E-state index contributed by atoms with van der Waals surface area (Å²) in [5, 5.41) is 5.13. The molecule has 2 heterocycles. The molecule has 0 aliphatic rings. The molecule has 11 aromatic rings. The number of hydrogen-bond acceptors (Lipinski definition) is 1. The number of hydrogen-bond donors (Lipinski definition) is 0. The van der Waals surface area contributed by atoms with Gasteiger partial charge < -0.3 is 4.57 Å². The van der Waals surface area contributed by atoms with E-state index in [0.29, 0.717) is 0 Å². The van der Waals surface area contributed by atoms with Crippen molar-refractivity contribution in [2.45, 2.75) is 0 Å². The quantitative estimate of drug-likeness (QED) is 0.161. The van der Waals surface area contributed by atoms with Crippen LogP contribution in [0, 0.1) is 0 Å². The molecule has 9 aromatic carbocycles. The van der Waals surface area contributed by atoms with E-state index < -0.39 is 0 Å². The predicted molar refractivity (Wildman–Crippen MR) is 241 cm³/mol. The van der Waals surface area contributed by atoms with Crippen LogP contribution in [-0.2, 0) is 0 Å². The largest absolute Gasteiger partial charge is 0.309 e. The maximum absolute atomic E-state index is 2.42. The van der Waals surface area contributed by atoms with Crippen molar-refractivity contribution in [3.63, 3.8) is 0 Å². The number of fused-ring (bicyclic) bond motifs is 6. The van der Waals surface area contributed by atoms with Crippen LogP contribution < -0.4 is 0 Å². The number of thiophene rings is 1. The van der Waals surface area contributed by atoms with Crippen LogP contribution in [0.15, 0.2) is 212 Å². The van der Waals surface area contributed by atoms with Crippen LogP contribution in [0.1, 0.15) is 0 Å². The Balaban J connectivity index is 1.10. The molecule has 0 saturated carbocycles. The van der Waals surface area contributed by atoms with E-state index >= 15 is 0 Å². The second-order valence-corrected chi connectivity index (χ2v) is 15.6. The third kappa shape index (κ3) is 5.54. The van der Waals surface area contributed by atoms with Gasteiger partial charge in [0.2, 0.25) is 0 Å². The minimum atomic E-state index is 1.15. The van der Waals surface area contributed by atoms with E-state index in [2.05, 4.69) is 217 Å². The zero-order valence-electron chi connectivity index (χ0n) is 30.6. The van der Waals surface area contributed by atoms with Gasteiger partial charge in [-0.25, -0.2) is 0 Å². The first-order chi connectivity index (χ1) is 27.7. The van der Waals surface area contributed by atoms with Gasteiger partial charge >= 0.3 is 0 Å². The number of nitrogens with zero attached hydrogens (tertiary/aromatic N) is 1. The summed E-state index contributed by atoms with van der Waals surface area (Å²) in [6, 6.07) is 77.7. The molecule has 11 rings (SSSR count). The molecule has 0 radical (unpaired) electrons. The molecular weight excluding hydrogens is 695 g/mol. The monoisotopic (exact) mass is 729 g/mol. The van der Waals surface area contributed by atoms with Crippen LogP contribution in [0.25, 0.3) is 103 Å². The average Bonchev–Trinajstić information content (AvgIpc) is 3.83. The number of benzene rings is 9. The van der Waals surface area contributed by atoms with Crippen molar-refractivity contribution in [2.75, 3.05) is 0 Å². The van der Waals surface area contributed by atoms with Crippen molar-refractivity contribution in [1.82, 2.24) is 4.57 Å². The molecule has 0 saturated heterocycles. The molecule has 0 aliphatic carbocycles. The number of aromatic nitrogens is 1. The topological polar surface area (TPSA) is 4.93 Å². The number of para-hydroxylation sites is 1. The van der Waals surface area contributed by atoms with Gasteiger partial charge in [0.1, 0.15) is 0 Å². The third-order valence-electron chi connectivity index (χ3n) is 11.2. The highest BCUT2D eigenvalue weighted by molar-refractivity contribution is 7.26. The predicted octanol–water partition coefficient (Wildman–Crippen LogP) is 15.5. The highest BCUT2D eigenvalue weighted by Crippen LogP contribution is 2.43. The average molecular weight is 730 g/mol. The summed E-state index contributed by atoms with van der Waals surface area (Å²) in [5.74, 6) is 0. The molecule has 0 amide bonds. The second-order valence-electron chi connectivity index (χ2n) is 14.5. The molecule has 2 heteroatoms. The van der Waals surface area contributed by atoms with Gasteiger partial charge in [0, 0.05) is 36.6 Å². The van der Waals surface area contributed by atoms with Gasteiger partial charge in [0.25, 0.3) is 0 Å². The van der Waals surface area contributed by atoms with Crippen LogP contribution in [-0.4, -0.2) is 4.57 Å². The van der Waals surface area contributed by atoms with E-state index in [0.717, 1.165) is 5.69 Å². The summed E-state index contributed by atoms with van der Waals surface area (Å²) >= 11 is 1.89. The molecule has 0 fully saturated rings. The van der Waals surface area contributed by atoms with Gasteiger partial charge in [0.05, 0.1) is 11.0 Å². The Hall–Kier alpha value is -7.00. The number of rotatable bonds is 6. The minimum Gasteiger partial charge on any atom is -0.309 e. The van der Waals surface area contributed by atoms with Crippen molar-refractivity contribution in [3.05, 3.63) is 212 Å². The lowest BCUT2D eigenvalue weighted by molar-refractivity contribution is 1.18. The standard InChI is InChI=1S/C54H35NS/c1-3-12-36(13-4-1)38-22-24-40(25-23-38)42-32-43(34-44(33-42)46-18-11-19-50-49-17-8-10-21-53(49)56-54(46)50)41-28-31-48-47-16-7-9-20-51(47)55(52(48)35-41)45-29-26-39(27-30-45)37-14-5-2-6-15-37/h1-35H. The molecule has 1 nitrogen and oxygen atoms in total. The third-order valence-corrected chi connectivity index (χ3v) is 12.4. The molecule has 0 spiro atoms. The van der Waals surface area contributed by atoms with Gasteiger partial charge in [-0.05, 0) is 104 Å². The van der Waals surface area contributed by atoms with Gasteiger partial charge in [0.15, 0.2) is 0 Å². The van der Waals surface area contributed by atoms with Crippen LogP contribution in [0.2, 0.25) is 0 Å². The Morgan fingerprint density at radius 2 is 0.786 bits per heavy atom. The summed E-state index contributed by atoms with van der Waals surface area (Å²) in [6.07, 6.45) is 0. The van der Waals surface area contributed by atoms with Crippen molar-refractivity contribution >= 4 is 53.3 Å². The molecule has 0 aliphatic heterocycles. The fourth-order valence-corrected chi connectivity index (χ4v) is 9.68. The molecule has 262 valence electrons. The van der Waals surface area contributed by atoms with E-state index in [1.165, 1.54) is 97.6 Å². The maximum atomic E-state index is 2.42. The van der Waals surface area contributed by atoms with E-state index in [1.807, 2.05) is 11.3 Å². The van der Waals surface area contributed by atoms with Gasteiger partial charge in [-0.3, -0.25) is 0 Å². The fraction of sp³-hybridized carbons (Fsp3) is 0. The van der Waals surface area contributed by atoms with Crippen molar-refractivity contribution in [2.24, 2.45) is 0 Å². The van der Waals surface area contributed by atoms with Crippen LogP contribution in [0.4, 0.5) is 0 Å². The van der Waals surface area contributed by atoms with E-state index in [4.69, 9.17) is 0 Å². The zero-order chi connectivity index (χ0) is 37.0. The first-order valence-electron chi connectivity index (χ1n) is 19.2.